The summed E-state index contributed by atoms with van der Waals surface area (Å²) in [7, 11) is 1.56. The molecule has 2 heterocycles. The first-order valence-corrected chi connectivity index (χ1v) is 10.1. The van der Waals surface area contributed by atoms with Gasteiger partial charge in [-0.25, -0.2) is 9.78 Å². The van der Waals surface area contributed by atoms with Gasteiger partial charge in [0, 0.05) is 18.2 Å². The van der Waals surface area contributed by atoms with E-state index in [1.807, 2.05) is 63.2 Å². The summed E-state index contributed by atoms with van der Waals surface area (Å²) in [6.07, 6.45) is 0. The summed E-state index contributed by atoms with van der Waals surface area (Å²) in [5, 5.41) is 17.0. The number of nitrogens with zero attached hydrogens (tertiary/aromatic N) is 6. The molecule has 32 heavy (non-hydrogen) atoms. The number of aryl methyl sites for hydroxylation is 4. The van der Waals surface area contributed by atoms with Gasteiger partial charge in [0.25, 0.3) is 0 Å². The molecule has 0 radical (unpaired) electrons. The molecular formula is C24H22N6O2. The fourth-order valence-electron chi connectivity index (χ4n) is 3.53. The Hall–Kier alpha value is -4.25. The lowest BCUT2D eigenvalue weighted by Crippen LogP contribution is -2.23. The molecule has 0 saturated heterocycles. The van der Waals surface area contributed by atoms with Gasteiger partial charge in [0.2, 0.25) is 0 Å². The first-order chi connectivity index (χ1) is 15.4. The maximum absolute atomic E-state index is 12.3. The average molecular weight is 426 g/mol. The Kier molecular flexibility index (Phi) is 5.56. The highest BCUT2D eigenvalue weighted by Crippen LogP contribution is 2.27. The lowest BCUT2D eigenvalue weighted by molar-refractivity contribution is 0.302. The van der Waals surface area contributed by atoms with Crippen molar-refractivity contribution in [3.05, 3.63) is 87.0 Å². The molecule has 0 amide bonds. The van der Waals surface area contributed by atoms with E-state index in [4.69, 9.17) is 4.74 Å². The van der Waals surface area contributed by atoms with Gasteiger partial charge in [-0.1, -0.05) is 12.1 Å². The maximum atomic E-state index is 12.3. The van der Waals surface area contributed by atoms with E-state index in [1.54, 1.807) is 13.1 Å². The van der Waals surface area contributed by atoms with Crippen molar-refractivity contribution in [2.75, 3.05) is 0 Å². The predicted molar refractivity (Wildman–Crippen MR) is 120 cm³/mol. The molecule has 160 valence electrons. The summed E-state index contributed by atoms with van der Waals surface area (Å²) in [5.74, 6) is 0.725. The highest BCUT2D eigenvalue weighted by molar-refractivity contribution is 5.63. The number of benzene rings is 2. The fraction of sp³-hybridized carbons (Fsp3) is 0.208. The number of rotatable bonds is 5. The highest BCUT2D eigenvalue weighted by Gasteiger charge is 2.14. The van der Waals surface area contributed by atoms with Crippen molar-refractivity contribution in [2.24, 2.45) is 7.05 Å². The number of pyridine rings is 1. The Labute approximate surface area is 185 Å². The normalized spacial score (nSPS) is 10.7. The van der Waals surface area contributed by atoms with Gasteiger partial charge in [0.05, 0.1) is 11.4 Å². The number of aromatic nitrogens is 5. The van der Waals surface area contributed by atoms with Gasteiger partial charge in [-0.3, -0.25) is 0 Å². The topological polar surface area (TPSA) is 98.6 Å². The summed E-state index contributed by atoms with van der Waals surface area (Å²) in [6, 6.07) is 17.3. The molecule has 0 aliphatic carbocycles. The number of tetrazole rings is 1. The Morgan fingerprint density at radius 3 is 2.53 bits per heavy atom. The summed E-state index contributed by atoms with van der Waals surface area (Å²) < 4.78 is 8.59. The average Bonchev–Trinajstić information content (AvgIpc) is 3.11. The van der Waals surface area contributed by atoms with E-state index >= 15 is 0 Å². The van der Waals surface area contributed by atoms with Gasteiger partial charge in [-0.05, 0) is 84.3 Å². The molecule has 0 bridgehead atoms. The highest BCUT2D eigenvalue weighted by atomic mass is 16.5. The minimum atomic E-state index is -0.320. The lowest BCUT2D eigenvalue weighted by Gasteiger charge is -2.15. The SMILES string of the molecule is Cc1cc(C#N)nc(-c2ccc(OCc3c(C)cccc3-n3nnn(C)c3=O)c(C)c2)c1. The Morgan fingerprint density at radius 2 is 1.84 bits per heavy atom. The van der Waals surface area contributed by atoms with Crippen LogP contribution in [0.3, 0.4) is 0 Å². The van der Waals surface area contributed by atoms with E-state index in [9.17, 15) is 10.1 Å². The van der Waals surface area contributed by atoms with Crippen LogP contribution in [0.2, 0.25) is 0 Å². The molecule has 2 aromatic carbocycles. The molecule has 8 heteroatoms. The predicted octanol–water partition coefficient (Wildman–Crippen LogP) is 3.40. The number of hydrogen-bond donors (Lipinski definition) is 0. The number of ether oxygens (including phenoxy) is 1. The minimum Gasteiger partial charge on any atom is -0.489 e. The van der Waals surface area contributed by atoms with Crippen LogP contribution >= 0.6 is 0 Å². The largest absolute Gasteiger partial charge is 0.489 e. The van der Waals surface area contributed by atoms with Gasteiger partial charge in [0.1, 0.15) is 24.1 Å². The van der Waals surface area contributed by atoms with Crippen LogP contribution in [-0.2, 0) is 13.7 Å². The minimum absolute atomic E-state index is 0.270. The molecular weight excluding hydrogens is 404 g/mol. The van der Waals surface area contributed by atoms with Crippen LogP contribution in [-0.4, -0.2) is 24.8 Å². The van der Waals surface area contributed by atoms with Crippen LogP contribution in [0.4, 0.5) is 0 Å². The summed E-state index contributed by atoms with van der Waals surface area (Å²) in [6.45, 7) is 6.15. The Morgan fingerprint density at radius 1 is 1.03 bits per heavy atom. The van der Waals surface area contributed by atoms with Crippen molar-refractivity contribution in [3.8, 4) is 28.8 Å². The molecule has 0 aliphatic heterocycles. The van der Waals surface area contributed by atoms with E-state index in [0.717, 1.165) is 39.3 Å². The first-order valence-electron chi connectivity index (χ1n) is 10.1. The number of hydrogen-bond acceptors (Lipinski definition) is 6. The summed E-state index contributed by atoms with van der Waals surface area (Å²) in [5.41, 5.74) is 6.15. The second-order valence-electron chi connectivity index (χ2n) is 7.67. The maximum Gasteiger partial charge on any atom is 0.368 e. The van der Waals surface area contributed by atoms with Crippen LogP contribution in [0.5, 0.6) is 5.75 Å². The van der Waals surface area contributed by atoms with E-state index in [0.29, 0.717) is 11.4 Å². The van der Waals surface area contributed by atoms with E-state index < -0.39 is 0 Å². The molecule has 8 nitrogen and oxygen atoms in total. The molecule has 0 N–H and O–H groups in total. The zero-order chi connectivity index (χ0) is 22.8. The van der Waals surface area contributed by atoms with Crippen molar-refractivity contribution in [1.29, 1.82) is 5.26 Å². The van der Waals surface area contributed by atoms with Crippen LogP contribution in [0.25, 0.3) is 16.9 Å². The second-order valence-corrected chi connectivity index (χ2v) is 7.67. The van der Waals surface area contributed by atoms with Crippen LogP contribution in [0, 0.1) is 32.1 Å². The van der Waals surface area contributed by atoms with Crippen molar-refractivity contribution < 1.29 is 4.74 Å². The van der Waals surface area contributed by atoms with E-state index in [1.165, 1.54) is 9.36 Å². The lowest BCUT2D eigenvalue weighted by atomic mass is 10.1. The summed E-state index contributed by atoms with van der Waals surface area (Å²) in [4.78, 5) is 16.7. The molecule has 0 aliphatic rings. The standard InChI is InChI=1S/C24H22N6O2/c1-15-10-19(13-25)26-21(11-15)18-8-9-23(17(3)12-18)32-14-20-16(2)6-5-7-22(20)30-24(31)29(4)27-28-30/h5-12H,14H2,1-4H3. The number of nitriles is 1. The Bertz CT molecular complexity index is 1410. The smallest absolute Gasteiger partial charge is 0.368 e. The molecule has 0 saturated carbocycles. The zero-order valence-electron chi connectivity index (χ0n) is 18.3. The third-order valence-corrected chi connectivity index (χ3v) is 5.26. The van der Waals surface area contributed by atoms with Crippen molar-refractivity contribution in [1.82, 2.24) is 24.8 Å². The van der Waals surface area contributed by atoms with Crippen molar-refractivity contribution in [2.45, 2.75) is 27.4 Å². The van der Waals surface area contributed by atoms with E-state index in [-0.39, 0.29) is 12.3 Å². The monoisotopic (exact) mass is 426 g/mol. The van der Waals surface area contributed by atoms with Gasteiger partial charge in [-0.15, -0.1) is 0 Å². The van der Waals surface area contributed by atoms with Gasteiger partial charge < -0.3 is 4.74 Å². The van der Waals surface area contributed by atoms with Crippen molar-refractivity contribution in [3.63, 3.8) is 0 Å². The van der Waals surface area contributed by atoms with Crippen LogP contribution < -0.4 is 10.4 Å². The van der Waals surface area contributed by atoms with Gasteiger partial charge in [-0.2, -0.15) is 14.6 Å². The van der Waals surface area contributed by atoms with Gasteiger partial charge in [0.15, 0.2) is 0 Å². The van der Waals surface area contributed by atoms with Gasteiger partial charge >= 0.3 is 5.69 Å². The van der Waals surface area contributed by atoms with Crippen LogP contribution in [0.15, 0.2) is 53.3 Å². The third kappa shape index (κ3) is 4.01. The molecule has 0 atom stereocenters. The molecule has 0 spiro atoms. The molecule has 4 aromatic rings. The van der Waals surface area contributed by atoms with Crippen molar-refractivity contribution >= 4 is 0 Å². The fourth-order valence-corrected chi connectivity index (χ4v) is 3.53. The zero-order valence-corrected chi connectivity index (χ0v) is 18.3. The Balaban J connectivity index is 1.62. The van der Waals surface area contributed by atoms with E-state index in [2.05, 4.69) is 21.5 Å². The molecule has 4 rings (SSSR count). The molecule has 2 aromatic heterocycles. The summed E-state index contributed by atoms with van der Waals surface area (Å²) >= 11 is 0. The van der Waals surface area contributed by atoms with Crippen LogP contribution in [0.1, 0.15) is 27.9 Å². The quantitative estimate of drug-likeness (QED) is 0.485. The molecule has 0 unspecified atom stereocenters. The molecule has 0 fully saturated rings. The second kappa shape index (κ2) is 8.47. The first kappa shape index (κ1) is 21.0. The third-order valence-electron chi connectivity index (χ3n) is 5.26.